The van der Waals surface area contributed by atoms with Gasteiger partial charge in [0.25, 0.3) is 0 Å². The molecule has 136 valence electrons. The lowest BCUT2D eigenvalue weighted by molar-refractivity contribution is -0.139. The molecule has 2 aromatic rings. The molecule has 2 N–H and O–H groups in total. The molecule has 0 spiro atoms. The standard InChI is InChI=1S/C20H21NO4S/c1-20(12-18(22)23,14-7-5-8-15(11-14)25-2)21-19(24)17-10-13-6-3-4-9-16(13)26-17/h3-9,11,17H,10,12H2,1-2H3,(H,21,24)(H,22,23). The topological polar surface area (TPSA) is 75.6 Å². The Kier molecular flexibility index (Phi) is 5.23. The van der Waals surface area contributed by atoms with Gasteiger partial charge in [0.05, 0.1) is 24.3 Å². The van der Waals surface area contributed by atoms with E-state index in [1.54, 1.807) is 32.2 Å². The molecule has 1 aliphatic heterocycles. The van der Waals surface area contributed by atoms with Gasteiger partial charge in [0.2, 0.25) is 5.91 Å². The molecule has 2 unspecified atom stereocenters. The summed E-state index contributed by atoms with van der Waals surface area (Å²) in [5, 5.41) is 12.1. The van der Waals surface area contributed by atoms with E-state index in [-0.39, 0.29) is 17.6 Å². The minimum Gasteiger partial charge on any atom is -0.497 e. The molecular formula is C20H21NO4S. The van der Waals surface area contributed by atoms with Crippen LogP contribution in [-0.2, 0) is 21.5 Å². The predicted molar refractivity (Wildman–Crippen MR) is 101 cm³/mol. The van der Waals surface area contributed by atoms with Gasteiger partial charge in [-0.3, -0.25) is 9.59 Å². The Hall–Kier alpha value is -2.47. The third-order valence-corrected chi connectivity index (χ3v) is 5.87. The van der Waals surface area contributed by atoms with Gasteiger partial charge in [-0.05, 0) is 42.7 Å². The maximum Gasteiger partial charge on any atom is 0.306 e. The van der Waals surface area contributed by atoms with Crippen molar-refractivity contribution in [1.29, 1.82) is 0 Å². The Morgan fingerprint density at radius 1 is 1.27 bits per heavy atom. The molecule has 0 saturated carbocycles. The monoisotopic (exact) mass is 371 g/mol. The van der Waals surface area contributed by atoms with Crippen LogP contribution in [0.25, 0.3) is 0 Å². The second-order valence-corrected chi connectivity index (χ2v) is 7.79. The number of thioether (sulfide) groups is 1. The molecule has 1 amide bonds. The van der Waals surface area contributed by atoms with Gasteiger partial charge in [0.15, 0.2) is 0 Å². The van der Waals surface area contributed by atoms with Crippen LogP contribution in [0.4, 0.5) is 0 Å². The number of benzene rings is 2. The quantitative estimate of drug-likeness (QED) is 0.815. The second kappa shape index (κ2) is 7.41. The number of carbonyl (C=O) groups is 2. The molecule has 0 fully saturated rings. The number of hydrogen-bond acceptors (Lipinski definition) is 4. The number of hydrogen-bond donors (Lipinski definition) is 2. The van der Waals surface area contributed by atoms with E-state index >= 15 is 0 Å². The minimum absolute atomic E-state index is 0.155. The van der Waals surface area contributed by atoms with E-state index in [0.717, 1.165) is 10.5 Å². The normalized spacial score (nSPS) is 17.8. The summed E-state index contributed by atoms with van der Waals surface area (Å²) in [5.74, 6) is -0.508. The van der Waals surface area contributed by atoms with Crippen molar-refractivity contribution in [3.05, 3.63) is 59.7 Å². The van der Waals surface area contributed by atoms with E-state index in [1.807, 2.05) is 30.3 Å². The molecule has 3 rings (SSSR count). The van der Waals surface area contributed by atoms with Gasteiger partial charge in [0, 0.05) is 4.90 Å². The number of fused-ring (bicyclic) bond motifs is 1. The largest absolute Gasteiger partial charge is 0.497 e. The maximum atomic E-state index is 12.9. The van der Waals surface area contributed by atoms with Crippen molar-refractivity contribution in [2.75, 3.05) is 7.11 Å². The van der Waals surface area contributed by atoms with Crippen molar-refractivity contribution in [2.24, 2.45) is 0 Å². The molecule has 0 saturated heterocycles. The van der Waals surface area contributed by atoms with Gasteiger partial charge in [-0.15, -0.1) is 11.8 Å². The SMILES string of the molecule is COc1cccc(C(C)(CC(=O)O)NC(=O)C2Cc3ccccc3S2)c1. The molecule has 5 nitrogen and oxygen atoms in total. The molecule has 6 heteroatoms. The van der Waals surface area contributed by atoms with Crippen LogP contribution < -0.4 is 10.1 Å². The Balaban J connectivity index is 1.82. The molecule has 0 aromatic heterocycles. The van der Waals surface area contributed by atoms with E-state index in [0.29, 0.717) is 17.7 Å². The fraction of sp³-hybridized carbons (Fsp3) is 0.300. The zero-order valence-corrected chi connectivity index (χ0v) is 15.5. The third kappa shape index (κ3) is 3.85. The maximum absolute atomic E-state index is 12.9. The minimum atomic E-state index is -1.02. The van der Waals surface area contributed by atoms with Crippen LogP contribution in [0.3, 0.4) is 0 Å². The first-order valence-corrected chi connectivity index (χ1v) is 9.22. The van der Waals surface area contributed by atoms with Gasteiger partial charge >= 0.3 is 5.97 Å². The summed E-state index contributed by atoms with van der Waals surface area (Å²) in [5.41, 5.74) is 0.833. The van der Waals surface area contributed by atoms with Crippen LogP contribution in [0.15, 0.2) is 53.4 Å². The highest BCUT2D eigenvalue weighted by Crippen LogP contribution is 2.38. The first kappa shape index (κ1) is 18.3. The molecule has 2 atom stereocenters. The molecule has 2 aromatic carbocycles. The number of rotatable bonds is 6. The number of ether oxygens (including phenoxy) is 1. The smallest absolute Gasteiger partial charge is 0.306 e. The molecule has 0 bridgehead atoms. The lowest BCUT2D eigenvalue weighted by Crippen LogP contribution is -2.48. The van der Waals surface area contributed by atoms with Crippen molar-refractivity contribution < 1.29 is 19.4 Å². The number of methoxy groups -OCH3 is 1. The number of amides is 1. The van der Waals surface area contributed by atoms with Crippen LogP contribution in [-0.4, -0.2) is 29.3 Å². The van der Waals surface area contributed by atoms with E-state index in [1.165, 1.54) is 11.8 Å². The summed E-state index contributed by atoms with van der Waals surface area (Å²) in [6.07, 6.45) is 0.435. The van der Waals surface area contributed by atoms with Crippen molar-refractivity contribution in [3.63, 3.8) is 0 Å². The molecule has 26 heavy (non-hydrogen) atoms. The van der Waals surface area contributed by atoms with Crippen molar-refractivity contribution in [1.82, 2.24) is 5.32 Å². The van der Waals surface area contributed by atoms with Crippen molar-refractivity contribution in [2.45, 2.75) is 35.4 Å². The fourth-order valence-electron chi connectivity index (χ4n) is 3.17. The number of carboxylic acid groups (broad SMARTS) is 1. The van der Waals surface area contributed by atoms with Crippen LogP contribution in [0, 0.1) is 0 Å². The Labute approximate surface area is 156 Å². The summed E-state index contributed by atoms with van der Waals surface area (Å²) in [4.78, 5) is 25.4. The molecular weight excluding hydrogens is 350 g/mol. The summed E-state index contributed by atoms with van der Waals surface area (Å²) in [6, 6.07) is 15.1. The van der Waals surface area contributed by atoms with E-state index in [2.05, 4.69) is 5.32 Å². The van der Waals surface area contributed by atoms with Gasteiger partial charge in [0.1, 0.15) is 5.75 Å². The Morgan fingerprint density at radius 3 is 2.73 bits per heavy atom. The van der Waals surface area contributed by atoms with Crippen LogP contribution in [0.2, 0.25) is 0 Å². The summed E-state index contributed by atoms with van der Waals surface area (Å²) in [6.45, 7) is 1.74. The first-order chi connectivity index (χ1) is 12.4. The second-order valence-electron chi connectivity index (χ2n) is 6.54. The summed E-state index contributed by atoms with van der Waals surface area (Å²) >= 11 is 1.52. The highest BCUT2D eigenvalue weighted by Gasteiger charge is 2.36. The van der Waals surface area contributed by atoms with E-state index < -0.39 is 11.5 Å². The average Bonchev–Trinajstić information content (AvgIpc) is 3.05. The van der Waals surface area contributed by atoms with Crippen molar-refractivity contribution >= 4 is 23.6 Å². The number of nitrogens with one attached hydrogen (secondary N) is 1. The van der Waals surface area contributed by atoms with Crippen molar-refractivity contribution in [3.8, 4) is 5.75 Å². The van der Waals surface area contributed by atoms with Gasteiger partial charge in [-0.1, -0.05) is 30.3 Å². The number of aliphatic carboxylic acids is 1. The fourth-order valence-corrected chi connectivity index (χ4v) is 4.36. The van der Waals surface area contributed by atoms with Crippen LogP contribution >= 0.6 is 11.8 Å². The molecule has 1 heterocycles. The van der Waals surface area contributed by atoms with Gasteiger partial charge in [-0.2, -0.15) is 0 Å². The Bertz CT molecular complexity index is 813. The molecule has 0 aliphatic carbocycles. The van der Waals surface area contributed by atoms with Crippen LogP contribution in [0.5, 0.6) is 5.75 Å². The van der Waals surface area contributed by atoms with Gasteiger partial charge < -0.3 is 15.2 Å². The van der Waals surface area contributed by atoms with E-state index in [4.69, 9.17) is 4.74 Å². The highest BCUT2D eigenvalue weighted by atomic mass is 32.2. The predicted octanol–water partition coefficient (Wildman–Crippen LogP) is 3.22. The Morgan fingerprint density at radius 2 is 2.04 bits per heavy atom. The van der Waals surface area contributed by atoms with E-state index in [9.17, 15) is 14.7 Å². The molecule has 1 aliphatic rings. The zero-order valence-electron chi connectivity index (χ0n) is 14.7. The average molecular weight is 371 g/mol. The number of carbonyl (C=O) groups excluding carboxylic acids is 1. The van der Waals surface area contributed by atoms with Gasteiger partial charge in [-0.25, -0.2) is 0 Å². The summed E-state index contributed by atoms with van der Waals surface area (Å²) in [7, 11) is 1.55. The lowest BCUT2D eigenvalue weighted by Gasteiger charge is -2.31. The molecule has 0 radical (unpaired) electrons. The lowest BCUT2D eigenvalue weighted by atomic mass is 9.88. The first-order valence-electron chi connectivity index (χ1n) is 8.34. The number of carboxylic acids is 1. The highest BCUT2D eigenvalue weighted by molar-refractivity contribution is 8.01. The van der Waals surface area contributed by atoms with Crippen LogP contribution in [0.1, 0.15) is 24.5 Å². The summed E-state index contributed by atoms with van der Waals surface area (Å²) < 4.78 is 5.24. The third-order valence-electron chi connectivity index (χ3n) is 4.55. The zero-order chi connectivity index (χ0) is 18.7.